The van der Waals surface area contributed by atoms with Gasteiger partial charge >= 0.3 is 0 Å². The second kappa shape index (κ2) is 6.07. The quantitative estimate of drug-likeness (QED) is 0.544. The molecule has 0 aromatic rings. The molecule has 0 radical (unpaired) electrons. The molecule has 0 aliphatic carbocycles. The summed E-state index contributed by atoms with van der Waals surface area (Å²) in [6, 6.07) is 0. The molecule has 4 heteroatoms. The summed E-state index contributed by atoms with van der Waals surface area (Å²) >= 11 is 0. The molecule has 0 rings (SSSR count). The molecule has 0 fully saturated rings. The molecule has 0 bridgehead atoms. The van der Waals surface area contributed by atoms with Gasteiger partial charge in [0.25, 0.3) is 0 Å². The molecule has 13 heavy (non-hydrogen) atoms. The van der Waals surface area contributed by atoms with E-state index in [1.165, 1.54) is 13.8 Å². The normalized spacial score (nSPS) is 17.9. The van der Waals surface area contributed by atoms with Gasteiger partial charge in [0.05, 0.1) is 12.2 Å². The van der Waals surface area contributed by atoms with Gasteiger partial charge in [-0.05, 0) is 26.7 Å². The molecule has 0 saturated carbocycles. The minimum Gasteiger partial charge on any atom is -0.391 e. The Bertz CT molecular complexity index is 156. The van der Waals surface area contributed by atoms with E-state index in [1.807, 2.05) is 0 Å². The van der Waals surface area contributed by atoms with E-state index in [1.54, 1.807) is 0 Å². The maximum absolute atomic E-state index is 10.5. The minimum atomic E-state index is -1.12. The van der Waals surface area contributed by atoms with Crippen molar-refractivity contribution in [3.05, 3.63) is 0 Å². The van der Waals surface area contributed by atoms with Gasteiger partial charge in [-0.2, -0.15) is 0 Å². The first-order valence-electron chi connectivity index (χ1n) is 4.48. The predicted molar refractivity (Wildman–Crippen MR) is 48.2 cm³/mol. The number of aliphatic hydroxyl groups is 3. The van der Waals surface area contributed by atoms with Crippen molar-refractivity contribution >= 4 is 5.78 Å². The van der Waals surface area contributed by atoms with Gasteiger partial charge in [0.2, 0.25) is 0 Å². The standard InChI is InChI=1S/C9H18O4/c1-6(10)4-3-5-8(12)9(13)7(2)11/h7-9,11-13H,3-5H2,1-2H3/t7-,8-,9-/m1/s1. The lowest BCUT2D eigenvalue weighted by Crippen LogP contribution is -2.35. The van der Waals surface area contributed by atoms with Crippen LogP contribution in [0.3, 0.4) is 0 Å². The lowest BCUT2D eigenvalue weighted by atomic mass is 10.0. The van der Waals surface area contributed by atoms with Crippen molar-refractivity contribution in [1.82, 2.24) is 0 Å². The van der Waals surface area contributed by atoms with E-state index in [-0.39, 0.29) is 5.78 Å². The molecule has 0 saturated heterocycles. The Morgan fingerprint density at radius 3 is 2.23 bits per heavy atom. The summed E-state index contributed by atoms with van der Waals surface area (Å²) in [4.78, 5) is 10.5. The van der Waals surface area contributed by atoms with Crippen LogP contribution < -0.4 is 0 Å². The average molecular weight is 190 g/mol. The molecule has 3 N–H and O–H groups in total. The zero-order valence-electron chi connectivity index (χ0n) is 8.10. The van der Waals surface area contributed by atoms with Gasteiger partial charge in [-0.1, -0.05) is 0 Å². The number of rotatable bonds is 6. The Morgan fingerprint density at radius 1 is 1.31 bits per heavy atom. The van der Waals surface area contributed by atoms with Gasteiger partial charge in [-0.3, -0.25) is 0 Å². The number of Topliss-reactive ketones (excluding diaryl/α,β-unsaturated/α-hetero) is 1. The fourth-order valence-corrected chi connectivity index (χ4v) is 1.05. The van der Waals surface area contributed by atoms with E-state index in [0.717, 1.165) is 0 Å². The van der Waals surface area contributed by atoms with E-state index >= 15 is 0 Å². The summed E-state index contributed by atoms with van der Waals surface area (Å²) < 4.78 is 0. The number of hydrogen-bond donors (Lipinski definition) is 3. The van der Waals surface area contributed by atoms with Crippen molar-refractivity contribution in [3.63, 3.8) is 0 Å². The largest absolute Gasteiger partial charge is 0.391 e. The molecule has 0 aromatic heterocycles. The van der Waals surface area contributed by atoms with Crippen LogP contribution in [0, 0.1) is 0 Å². The molecule has 0 amide bonds. The van der Waals surface area contributed by atoms with Crippen LogP contribution in [0.5, 0.6) is 0 Å². The average Bonchev–Trinajstić information content (AvgIpc) is 2.02. The number of aliphatic hydroxyl groups excluding tert-OH is 3. The highest BCUT2D eigenvalue weighted by molar-refractivity contribution is 5.75. The van der Waals surface area contributed by atoms with Crippen LogP contribution in [-0.4, -0.2) is 39.4 Å². The molecule has 0 unspecified atom stereocenters. The van der Waals surface area contributed by atoms with Crippen LogP contribution in [0.1, 0.15) is 33.1 Å². The highest BCUT2D eigenvalue weighted by Gasteiger charge is 2.20. The van der Waals surface area contributed by atoms with E-state index in [9.17, 15) is 15.0 Å². The van der Waals surface area contributed by atoms with Gasteiger partial charge in [-0.25, -0.2) is 0 Å². The zero-order valence-corrected chi connectivity index (χ0v) is 8.10. The highest BCUT2D eigenvalue weighted by atomic mass is 16.4. The van der Waals surface area contributed by atoms with Crippen LogP contribution in [0.15, 0.2) is 0 Å². The minimum absolute atomic E-state index is 0.0683. The second-order valence-corrected chi connectivity index (χ2v) is 3.39. The zero-order chi connectivity index (χ0) is 10.4. The number of ketones is 1. The van der Waals surface area contributed by atoms with Gasteiger partial charge in [0, 0.05) is 6.42 Å². The summed E-state index contributed by atoms with van der Waals surface area (Å²) in [5.74, 6) is 0.0683. The molecule has 3 atom stereocenters. The van der Waals surface area contributed by atoms with Crippen molar-refractivity contribution < 1.29 is 20.1 Å². The molecule has 78 valence electrons. The third-order valence-corrected chi connectivity index (χ3v) is 1.92. The van der Waals surface area contributed by atoms with Crippen LogP contribution in [0.25, 0.3) is 0 Å². The molecule has 4 nitrogen and oxygen atoms in total. The van der Waals surface area contributed by atoms with E-state index in [0.29, 0.717) is 19.3 Å². The maximum atomic E-state index is 10.5. The lowest BCUT2D eigenvalue weighted by molar-refractivity contribution is -0.117. The topological polar surface area (TPSA) is 77.8 Å². The smallest absolute Gasteiger partial charge is 0.129 e. The first-order valence-corrected chi connectivity index (χ1v) is 4.48. The monoisotopic (exact) mass is 190 g/mol. The Hall–Kier alpha value is -0.450. The third kappa shape index (κ3) is 5.74. The van der Waals surface area contributed by atoms with Gasteiger partial charge < -0.3 is 20.1 Å². The number of carbonyl (C=O) groups excluding carboxylic acids is 1. The third-order valence-electron chi connectivity index (χ3n) is 1.92. The Morgan fingerprint density at radius 2 is 1.85 bits per heavy atom. The van der Waals surface area contributed by atoms with Crippen LogP contribution in [0.2, 0.25) is 0 Å². The summed E-state index contributed by atoms with van der Waals surface area (Å²) in [6.45, 7) is 2.90. The predicted octanol–water partition coefficient (Wildman–Crippen LogP) is -0.152. The lowest BCUT2D eigenvalue weighted by Gasteiger charge is -2.19. The Labute approximate surface area is 78.2 Å². The Balaban J connectivity index is 3.61. The number of carbonyl (C=O) groups is 1. The van der Waals surface area contributed by atoms with Gasteiger partial charge in [0.15, 0.2) is 0 Å². The summed E-state index contributed by atoms with van der Waals surface area (Å²) in [6.07, 6.45) is -1.71. The van der Waals surface area contributed by atoms with E-state index in [2.05, 4.69) is 0 Å². The van der Waals surface area contributed by atoms with Gasteiger partial charge in [-0.15, -0.1) is 0 Å². The van der Waals surface area contributed by atoms with Crippen molar-refractivity contribution in [2.75, 3.05) is 0 Å². The van der Waals surface area contributed by atoms with Crippen LogP contribution in [-0.2, 0) is 4.79 Å². The molecule has 0 aliphatic heterocycles. The Kier molecular flexibility index (Phi) is 5.86. The maximum Gasteiger partial charge on any atom is 0.129 e. The van der Waals surface area contributed by atoms with Crippen molar-refractivity contribution in [3.8, 4) is 0 Å². The van der Waals surface area contributed by atoms with Crippen LogP contribution in [0.4, 0.5) is 0 Å². The highest BCUT2D eigenvalue weighted by Crippen LogP contribution is 2.08. The van der Waals surface area contributed by atoms with Crippen molar-refractivity contribution in [2.45, 2.75) is 51.4 Å². The molecule has 0 aliphatic rings. The van der Waals surface area contributed by atoms with E-state index < -0.39 is 18.3 Å². The van der Waals surface area contributed by atoms with Crippen molar-refractivity contribution in [1.29, 1.82) is 0 Å². The molecule has 0 heterocycles. The molecule has 0 spiro atoms. The van der Waals surface area contributed by atoms with Crippen LogP contribution >= 0.6 is 0 Å². The fourth-order valence-electron chi connectivity index (χ4n) is 1.05. The van der Waals surface area contributed by atoms with E-state index in [4.69, 9.17) is 5.11 Å². The van der Waals surface area contributed by atoms with Crippen molar-refractivity contribution in [2.24, 2.45) is 0 Å². The second-order valence-electron chi connectivity index (χ2n) is 3.39. The SMILES string of the molecule is CC(=O)CCC[C@@H](O)[C@H](O)[C@@H](C)O. The first kappa shape index (κ1) is 12.6. The molecular weight excluding hydrogens is 172 g/mol. The molecular formula is C9H18O4. The molecule has 0 aromatic carbocycles. The fraction of sp³-hybridized carbons (Fsp3) is 0.889. The number of hydrogen-bond acceptors (Lipinski definition) is 4. The van der Waals surface area contributed by atoms with Gasteiger partial charge in [0.1, 0.15) is 11.9 Å². The summed E-state index contributed by atoms with van der Waals surface area (Å²) in [5.41, 5.74) is 0. The first-order chi connectivity index (χ1) is 5.95. The summed E-state index contributed by atoms with van der Waals surface area (Å²) in [5, 5.41) is 27.4. The summed E-state index contributed by atoms with van der Waals surface area (Å²) in [7, 11) is 0.